The third kappa shape index (κ3) is 4.12. The smallest absolute Gasteiger partial charge is 0.335 e. The number of aliphatic imine (C=N–C) groups is 1. The van der Waals surface area contributed by atoms with Crippen molar-refractivity contribution in [1.29, 1.82) is 0 Å². The van der Waals surface area contributed by atoms with Gasteiger partial charge in [0.1, 0.15) is 0 Å². The fraction of sp³-hybridized carbons (Fsp3) is 0.100. The van der Waals surface area contributed by atoms with Gasteiger partial charge < -0.3 is 10.0 Å². The first-order chi connectivity index (χ1) is 13.4. The van der Waals surface area contributed by atoms with Crippen LogP contribution >= 0.6 is 11.8 Å². The molecule has 2 amide bonds. The van der Waals surface area contributed by atoms with Gasteiger partial charge in [0.2, 0.25) is 0 Å². The minimum Gasteiger partial charge on any atom is -0.478 e. The Hall–Kier alpha value is -3.39. The summed E-state index contributed by atoms with van der Waals surface area (Å²) in [5, 5.41) is 9.22. The van der Waals surface area contributed by atoms with E-state index in [4.69, 9.17) is 5.11 Å². The number of benzene rings is 2. The van der Waals surface area contributed by atoms with Crippen molar-refractivity contribution in [2.75, 3.05) is 14.1 Å². The van der Waals surface area contributed by atoms with Gasteiger partial charge in [0.05, 0.1) is 16.2 Å². The number of hydrogen-bond acceptors (Lipinski definition) is 6. The van der Waals surface area contributed by atoms with Gasteiger partial charge in [0.25, 0.3) is 11.8 Å². The molecule has 1 saturated heterocycles. The van der Waals surface area contributed by atoms with Crippen LogP contribution in [0.1, 0.15) is 20.7 Å². The van der Waals surface area contributed by atoms with E-state index in [0.717, 1.165) is 16.7 Å². The van der Waals surface area contributed by atoms with Crippen molar-refractivity contribution in [3.05, 3.63) is 76.8 Å². The summed E-state index contributed by atoms with van der Waals surface area (Å²) in [6.45, 7) is 0. The summed E-state index contributed by atoms with van der Waals surface area (Å²) in [6.07, 6.45) is 1.63. The molecule has 1 fully saturated rings. The minimum absolute atomic E-state index is 0.129. The number of hydrogen-bond donors (Lipinski definition) is 1. The number of carbonyl (C=O) groups is 3. The van der Waals surface area contributed by atoms with E-state index in [2.05, 4.69) is 4.99 Å². The monoisotopic (exact) mass is 395 g/mol. The fourth-order valence-corrected chi connectivity index (χ4v) is 3.50. The van der Waals surface area contributed by atoms with Gasteiger partial charge in [-0.1, -0.05) is 18.2 Å². The Morgan fingerprint density at radius 1 is 1.04 bits per heavy atom. The molecule has 0 radical (unpaired) electrons. The molecule has 1 N–H and O–H groups in total. The second kappa shape index (κ2) is 8.10. The van der Waals surface area contributed by atoms with Crippen LogP contribution in [0.3, 0.4) is 0 Å². The Morgan fingerprint density at radius 3 is 2.25 bits per heavy atom. The molecule has 1 heterocycles. The van der Waals surface area contributed by atoms with Crippen LogP contribution in [0.4, 0.5) is 5.69 Å². The van der Waals surface area contributed by atoms with E-state index in [1.165, 1.54) is 24.3 Å². The Morgan fingerprint density at radius 2 is 1.68 bits per heavy atom. The molecule has 3 rings (SSSR count). The van der Waals surface area contributed by atoms with Gasteiger partial charge in [-0.25, -0.2) is 14.7 Å². The number of carbonyl (C=O) groups excluding carboxylic acids is 2. The van der Waals surface area contributed by atoms with Crippen LogP contribution in [-0.4, -0.2) is 52.0 Å². The number of carboxylic acid groups (broad SMARTS) is 1. The van der Waals surface area contributed by atoms with E-state index in [0.29, 0.717) is 16.2 Å². The maximum atomic E-state index is 12.9. The molecule has 28 heavy (non-hydrogen) atoms. The van der Waals surface area contributed by atoms with Crippen molar-refractivity contribution in [3.63, 3.8) is 0 Å². The quantitative estimate of drug-likeness (QED) is 0.632. The van der Waals surface area contributed by atoms with Gasteiger partial charge in [-0.3, -0.25) is 9.59 Å². The highest BCUT2D eigenvalue weighted by molar-refractivity contribution is 8.18. The first kappa shape index (κ1) is 19.4. The molecule has 142 valence electrons. The first-order valence-electron chi connectivity index (χ1n) is 8.29. The lowest BCUT2D eigenvalue weighted by atomic mass is 10.2. The van der Waals surface area contributed by atoms with Crippen LogP contribution in [0.15, 0.2) is 70.7 Å². The molecule has 1 aliphatic rings. The number of thioether (sulfide) groups is 1. The number of amidine groups is 1. The van der Waals surface area contributed by atoms with E-state index in [1.54, 1.807) is 55.5 Å². The molecular weight excluding hydrogens is 378 g/mol. The summed E-state index contributed by atoms with van der Waals surface area (Å²) >= 11 is 1.09. The van der Waals surface area contributed by atoms with Crippen molar-refractivity contribution < 1.29 is 19.5 Å². The van der Waals surface area contributed by atoms with E-state index >= 15 is 0 Å². The predicted octanol–water partition coefficient (Wildman–Crippen LogP) is 3.19. The maximum Gasteiger partial charge on any atom is 0.335 e. The van der Waals surface area contributed by atoms with Crippen LogP contribution in [0.25, 0.3) is 0 Å². The highest BCUT2D eigenvalue weighted by Crippen LogP contribution is 2.34. The molecule has 0 aromatic heterocycles. The van der Waals surface area contributed by atoms with Gasteiger partial charge in [-0.2, -0.15) is 0 Å². The van der Waals surface area contributed by atoms with Crippen LogP contribution in [0, 0.1) is 0 Å². The third-order valence-corrected chi connectivity index (χ3v) is 4.70. The van der Waals surface area contributed by atoms with Gasteiger partial charge in [0.15, 0.2) is 5.17 Å². The van der Waals surface area contributed by atoms with Crippen LogP contribution in [-0.2, 0) is 4.79 Å². The molecule has 0 saturated carbocycles. The Labute approximate surface area is 166 Å². The molecule has 0 unspecified atom stereocenters. The fourth-order valence-electron chi connectivity index (χ4n) is 2.45. The molecule has 0 atom stereocenters. The van der Waals surface area contributed by atoms with Crippen LogP contribution in [0.5, 0.6) is 0 Å². The lowest BCUT2D eigenvalue weighted by Gasteiger charge is -2.13. The van der Waals surface area contributed by atoms with Gasteiger partial charge in [0, 0.05) is 25.9 Å². The number of nitrogens with zero attached hydrogens (tertiary/aromatic N) is 3. The SMILES string of the molecule is CN(C)/C=C1/SC(=Nc2ccc(C(=O)O)cc2)N(C(=O)c2ccccc2)C1=O. The largest absolute Gasteiger partial charge is 0.478 e. The number of amides is 2. The van der Waals surface area contributed by atoms with E-state index in [9.17, 15) is 14.4 Å². The summed E-state index contributed by atoms with van der Waals surface area (Å²) < 4.78 is 0. The molecule has 0 spiro atoms. The molecule has 0 bridgehead atoms. The standard InChI is InChI=1S/C20H17N3O4S/c1-22(2)12-16-18(25)23(17(24)13-6-4-3-5-7-13)20(28-16)21-15-10-8-14(9-11-15)19(26)27/h3-12H,1-2H3,(H,26,27)/b16-12+,21-20?. The molecule has 0 aliphatic carbocycles. The van der Waals surface area contributed by atoms with Gasteiger partial charge in [-0.15, -0.1) is 0 Å². The van der Waals surface area contributed by atoms with Crippen molar-refractivity contribution in [3.8, 4) is 0 Å². The predicted molar refractivity (Wildman–Crippen MR) is 107 cm³/mol. The van der Waals surface area contributed by atoms with E-state index < -0.39 is 17.8 Å². The summed E-state index contributed by atoms with van der Waals surface area (Å²) in [6, 6.07) is 14.4. The van der Waals surface area contributed by atoms with Crippen molar-refractivity contribution in [1.82, 2.24) is 9.80 Å². The first-order valence-corrected chi connectivity index (χ1v) is 9.10. The Kier molecular flexibility index (Phi) is 5.60. The van der Waals surface area contributed by atoms with E-state index in [1.807, 2.05) is 0 Å². The highest BCUT2D eigenvalue weighted by atomic mass is 32.2. The lowest BCUT2D eigenvalue weighted by Crippen LogP contribution is -2.35. The average Bonchev–Trinajstić information content (AvgIpc) is 2.96. The zero-order valence-electron chi connectivity index (χ0n) is 15.2. The Bertz CT molecular complexity index is 982. The zero-order chi connectivity index (χ0) is 20.3. The summed E-state index contributed by atoms with van der Waals surface area (Å²) in [5.74, 6) is -1.96. The number of rotatable bonds is 4. The Balaban J connectivity index is 2.01. The number of carboxylic acids is 1. The van der Waals surface area contributed by atoms with Gasteiger partial charge in [-0.05, 0) is 48.2 Å². The second-order valence-corrected chi connectivity index (χ2v) is 7.13. The topological polar surface area (TPSA) is 90.3 Å². The molecule has 8 heteroatoms. The molecule has 7 nitrogen and oxygen atoms in total. The number of imide groups is 1. The summed E-state index contributed by atoms with van der Waals surface area (Å²) in [4.78, 5) is 44.3. The summed E-state index contributed by atoms with van der Waals surface area (Å²) in [5.41, 5.74) is 0.943. The third-order valence-electron chi connectivity index (χ3n) is 3.74. The van der Waals surface area contributed by atoms with Crippen LogP contribution < -0.4 is 0 Å². The zero-order valence-corrected chi connectivity index (χ0v) is 16.0. The minimum atomic E-state index is -1.04. The average molecular weight is 395 g/mol. The van der Waals surface area contributed by atoms with E-state index in [-0.39, 0.29) is 10.7 Å². The summed E-state index contributed by atoms with van der Waals surface area (Å²) in [7, 11) is 3.56. The lowest BCUT2D eigenvalue weighted by molar-refractivity contribution is -0.120. The molecule has 2 aromatic carbocycles. The van der Waals surface area contributed by atoms with Gasteiger partial charge >= 0.3 is 5.97 Å². The number of aromatic carboxylic acids is 1. The molecule has 1 aliphatic heterocycles. The highest BCUT2D eigenvalue weighted by Gasteiger charge is 2.38. The molecular formula is C20H17N3O4S. The van der Waals surface area contributed by atoms with Crippen LogP contribution in [0.2, 0.25) is 0 Å². The van der Waals surface area contributed by atoms with Crippen molar-refractivity contribution in [2.24, 2.45) is 4.99 Å². The van der Waals surface area contributed by atoms with Crippen molar-refractivity contribution >= 4 is 40.4 Å². The maximum absolute atomic E-state index is 12.9. The normalized spacial score (nSPS) is 16.6. The second-order valence-electron chi connectivity index (χ2n) is 6.12. The van der Waals surface area contributed by atoms with Crippen molar-refractivity contribution in [2.45, 2.75) is 0 Å². The molecule has 2 aromatic rings.